The van der Waals surface area contributed by atoms with Gasteiger partial charge < -0.3 is 127 Å². The van der Waals surface area contributed by atoms with Gasteiger partial charge in [-0.15, -0.1) is 0 Å². The molecule has 37 nitrogen and oxygen atoms in total. The van der Waals surface area contributed by atoms with Crippen LogP contribution in [-0.2, 0) is 94.7 Å². The lowest BCUT2D eigenvalue weighted by molar-refractivity contribution is -0.270. The first-order valence-electron chi connectivity index (χ1n) is 38.9. The highest BCUT2D eigenvalue weighted by molar-refractivity contribution is 7.47. The van der Waals surface area contributed by atoms with E-state index in [1.807, 2.05) is 13.8 Å². The van der Waals surface area contributed by atoms with Crippen LogP contribution in [0.3, 0.4) is 0 Å². The number of carbonyl (C=O) groups excluding carboxylic acids is 9. The first-order valence-corrected chi connectivity index (χ1v) is 40.4. The van der Waals surface area contributed by atoms with Crippen LogP contribution in [0.4, 0.5) is 0 Å². The van der Waals surface area contributed by atoms with E-state index in [2.05, 4.69) is 42.5 Å². The van der Waals surface area contributed by atoms with E-state index in [1.165, 1.54) is 13.8 Å². The van der Waals surface area contributed by atoms with Crippen molar-refractivity contribution in [2.24, 2.45) is 5.73 Å². The van der Waals surface area contributed by atoms with Gasteiger partial charge in [0.25, 0.3) is 0 Å². The number of rotatable bonds is 60. The van der Waals surface area contributed by atoms with Crippen LogP contribution < -0.4 is 48.3 Å². The maximum atomic E-state index is 13.8. The van der Waals surface area contributed by atoms with E-state index in [4.69, 9.17) is 52.7 Å². The van der Waals surface area contributed by atoms with Gasteiger partial charge >= 0.3 is 7.82 Å². The van der Waals surface area contributed by atoms with Crippen LogP contribution in [0.2, 0.25) is 0 Å². The van der Waals surface area contributed by atoms with Gasteiger partial charge in [-0.1, -0.05) is 45.4 Å². The van der Waals surface area contributed by atoms with Crippen LogP contribution >= 0.6 is 7.82 Å². The second kappa shape index (κ2) is 54.5. The maximum absolute atomic E-state index is 13.8. The molecule has 4 rings (SSSR count). The second-order valence-corrected chi connectivity index (χ2v) is 29.8. The number of aliphatic hydroxyl groups excluding tert-OH is 6. The number of hydrogen-bond acceptors (Lipinski definition) is 27. The van der Waals surface area contributed by atoms with Gasteiger partial charge in [0.1, 0.15) is 54.2 Å². The summed E-state index contributed by atoms with van der Waals surface area (Å²) in [7, 11) is -4.36. The van der Waals surface area contributed by atoms with Gasteiger partial charge in [-0.25, -0.2) is 4.57 Å². The summed E-state index contributed by atoms with van der Waals surface area (Å²) in [6.45, 7) is 6.98. The van der Waals surface area contributed by atoms with Crippen LogP contribution in [-0.4, -0.2) is 303 Å². The van der Waals surface area contributed by atoms with E-state index < -0.39 is 112 Å². The number of unbranched alkanes of at least 4 members (excludes halogenated alkanes) is 9. The molecular weight excluding hydrogens is 1460 g/mol. The van der Waals surface area contributed by atoms with Gasteiger partial charge in [0.2, 0.25) is 53.2 Å². The Balaban J connectivity index is 1.19. The van der Waals surface area contributed by atoms with Crippen molar-refractivity contribution in [3.8, 4) is 0 Å². The molecule has 109 heavy (non-hydrogen) atoms. The molecule has 0 aliphatic carbocycles. The van der Waals surface area contributed by atoms with Gasteiger partial charge in [-0.2, -0.15) is 0 Å². The van der Waals surface area contributed by atoms with Crippen LogP contribution in [0.25, 0.3) is 0 Å². The van der Waals surface area contributed by atoms with Gasteiger partial charge in [0.15, 0.2) is 12.6 Å². The summed E-state index contributed by atoms with van der Waals surface area (Å²) in [5.74, 6) is -3.11. The SMILES string of the molecule is CC[C@@H](C)OCC1CC(OP(=O)(O)OCC2CCCN2C(=O)CCCCCCCCCCC(=O)NC(COCCC(N)=O)(COCCC(=O)NCCCNC(=O)CCCCO[C@@H]2OC(CO)[C@H](O)C(O)C2NC(C)=O)COCCC(=O)NCCCNC(=O)CCCCO[C@@H]2OC(CO)[C@H](O)C(O)C2NC(C)=O)CN1. The van der Waals surface area contributed by atoms with Crippen LogP contribution in [0.15, 0.2) is 0 Å². The van der Waals surface area contributed by atoms with Gasteiger partial charge in [0, 0.05) is 117 Å². The molecule has 9 amide bonds. The zero-order valence-electron chi connectivity index (χ0n) is 64.3. The third kappa shape index (κ3) is 39.9. The maximum Gasteiger partial charge on any atom is 0.472 e. The molecule has 0 aromatic heterocycles. The first kappa shape index (κ1) is 96.1. The van der Waals surface area contributed by atoms with Crippen LogP contribution in [0.1, 0.15) is 188 Å². The van der Waals surface area contributed by atoms with Gasteiger partial charge in [-0.05, 0) is 84.0 Å². The lowest BCUT2D eigenvalue weighted by Crippen LogP contribution is -2.64. The molecule has 0 bridgehead atoms. The summed E-state index contributed by atoms with van der Waals surface area (Å²) >= 11 is 0. The second-order valence-electron chi connectivity index (χ2n) is 28.4. The molecule has 4 aliphatic rings. The highest BCUT2D eigenvalue weighted by Gasteiger charge is 2.47. The Morgan fingerprint density at radius 2 is 1.02 bits per heavy atom. The van der Waals surface area contributed by atoms with E-state index in [0.717, 1.165) is 51.4 Å². The Kier molecular flexibility index (Phi) is 48.0. The summed E-state index contributed by atoms with van der Waals surface area (Å²) in [6, 6.07) is -2.46. The summed E-state index contributed by atoms with van der Waals surface area (Å²) in [5, 5.41) is 83.0. The molecule has 15 atom stereocenters. The van der Waals surface area contributed by atoms with E-state index >= 15 is 0 Å². The lowest BCUT2D eigenvalue weighted by atomic mass is 9.97. The summed E-state index contributed by atoms with van der Waals surface area (Å²) in [5.41, 5.74) is 4.04. The van der Waals surface area contributed by atoms with Crippen molar-refractivity contribution in [3.05, 3.63) is 0 Å². The Bertz CT molecular complexity index is 2620. The number of likely N-dealkylation sites (tertiary alicyclic amines) is 1. The molecule has 0 spiro atoms. The number of phosphoric acid groups is 1. The molecule has 4 fully saturated rings. The molecule has 0 saturated carbocycles. The Hall–Kier alpha value is -5.26. The van der Waals surface area contributed by atoms with Crippen molar-refractivity contribution in [1.29, 1.82) is 0 Å². The smallest absolute Gasteiger partial charge is 0.394 e. The van der Waals surface area contributed by atoms with Crippen LogP contribution in [0, 0.1) is 0 Å². The molecule has 0 aromatic rings. The zero-order chi connectivity index (χ0) is 80.0. The molecule has 630 valence electrons. The summed E-state index contributed by atoms with van der Waals surface area (Å²) in [4.78, 5) is 126. The third-order valence-corrected chi connectivity index (χ3v) is 20.0. The zero-order valence-corrected chi connectivity index (χ0v) is 65.2. The summed E-state index contributed by atoms with van der Waals surface area (Å²) < 4.78 is 70.1. The van der Waals surface area contributed by atoms with E-state index in [0.29, 0.717) is 90.3 Å². The number of primary amides is 1. The number of hydrogen-bond donors (Lipinski definition) is 16. The molecule has 4 heterocycles. The minimum Gasteiger partial charge on any atom is -0.394 e. The number of nitrogens with one attached hydrogen (secondary N) is 8. The minimum absolute atomic E-state index is 0.0134. The fourth-order valence-corrected chi connectivity index (χ4v) is 13.6. The fourth-order valence-electron chi connectivity index (χ4n) is 12.6. The first-order chi connectivity index (χ1) is 52.2. The van der Waals surface area contributed by atoms with E-state index in [1.54, 1.807) is 4.90 Å². The van der Waals surface area contributed by atoms with Crippen molar-refractivity contribution >= 4 is 61.0 Å². The molecule has 4 aliphatic heterocycles. The Morgan fingerprint density at radius 3 is 1.48 bits per heavy atom. The standard InChI is InChI=1S/C71H129N10O27P/c1-5-48(2)104-43-51-39-53(40-77-51)108-109(97,98)105-44-52-21-18-33-81(52)62(92)25-13-11-9-7-6-8-10-12-24-61(91)80-71(45-99-36-26-56(72)86,46-100-37-27-59(89)75-31-19-29-73-57(87)22-14-16-34-102-69-63(78-49(3)84)67(95)65(93)54(41-82)106-69)47-101-38-28-60(90)76-32-20-30-74-58(88)23-15-17-35-103-70-64(79-50(4)85)68(96)66(94)55(42-83)107-70/h48,51-55,63-70,77,82-83,93-96H,5-47H2,1-4H3,(H2,72,86)(H,73,87)(H,74,88)(H,75,89)(H,76,90)(H,78,84)(H,79,85)(H,80,91)(H,97,98)/t48-,51?,52?,53?,54?,55?,63?,64?,65+,66+,67?,68?,69-,70-,71?/m1/s1. The van der Waals surface area contributed by atoms with E-state index in [-0.39, 0.29) is 178 Å². The average Bonchev–Trinajstić information content (AvgIpc) is 1.66. The normalized spacial score (nSPS) is 24.8. The Morgan fingerprint density at radius 1 is 0.578 bits per heavy atom. The van der Waals surface area contributed by atoms with Crippen LogP contribution in [0.5, 0.6) is 0 Å². The quantitative estimate of drug-likeness (QED) is 0.0247. The number of nitrogens with two attached hydrogens (primary N) is 1. The molecule has 10 unspecified atom stereocenters. The van der Waals surface area contributed by atoms with Crippen molar-refractivity contribution < 1.29 is 130 Å². The minimum atomic E-state index is -4.36. The van der Waals surface area contributed by atoms with Crippen molar-refractivity contribution in [2.75, 3.05) is 119 Å². The molecule has 38 heteroatoms. The molecule has 0 aromatic carbocycles. The number of ether oxygens (including phenoxy) is 8. The number of nitrogens with zero attached hydrogens (tertiary/aromatic N) is 1. The average molecular weight is 1590 g/mol. The largest absolute Gasteiger partial charge is 0.472 e. The lowest BCUT2D eigenvalue weighted by Gasteiger charge is -2.42. The van der Waals surface area contributed by atoms with E-state index in [9.17, 15) is 83.2 Å². The topological polar surface area (TPSA) is 530 Å². The fraction of sp³-hybridized carbons (Fsp3) is 0.873. The Labute approximate surface area is 639 Å². The number of amides is 9. The van der Waals surface area contributed by atoms with Crippen molar-refractivity contribution in [3.63, 3.8) is 0 Å². The number of carbonyl (C=O) groups is 9. The molecule has 0 radical (unpaired) electrons. The monoisotopic (exact) mass is 1580 g/mol. The predicted octanol–water partition coefficient (Wildman–Crippen LogP) is -1.38. The number of aliphatic hydroxyl groups is 6. The molecule has 17 N–H and O–H groups in total. The highest BCUT2D eigenvalue weighted by Crippen LogP contribution is 2.46. The highest BCUT2D eigenvalue weighted by atomic mass is 31.2. The predicted molar refractivity (Wildman–Crippen MR) is 392 cm³/mol. The van der Waals surface area contributed by atoms with Gasteiger partial charge in [-0.3, -0.25) is 52.2 Å². The molecule has 4 saturated heterocycles. The van der Waals surface area contributed by atoms with Crippen molar-refractivity contribution in [2.45, 2.75) is 279 Å². The summed E-state index contributed by atoms with van der Waals surface area (Å²) in [6.07, 6.45) is 1.58. The third-order valence-electron chi connectivity index (χ3n) is 18.9. The van der Waals surface area contributed by atoms with Gasteiger partial charge in [0.05, 0.1) is 84.3 Å². The molecular formula is C71H129N10O27P. The van der Waals surface area contributed by atoms with Crippen molar-refractivity contribution in [1.82, 2.24) is 47.4 Å². The number of phosphoric ester groups is 1.